The molecule has 6 nitrogen and oxygen atoms in total. The summed E-state index contributed by atoms with van der Waals surface area (Å²) in [6.45, 7) is 3.80. The van der Waals surface area contributed by atoms with Crippen molar-refractivity contribution >= 4 is 5.97 Å². The zero-order chi connectivity index (χ0) is 12.8. The third-order valence-electron chi connectivity index (χ3n) is 2.10. The molecule has 0 aliphatic heterocycles. The molecule has 0 aliphatic rings. The molecule has 1 aromatic rings. The molecule has 0 bridgehead atoms. The smallest absolute Gasteiger partial charge is 0.347 e. The van der Waals surface area contributed by atoms with Gasteiger partial charge >= 0.3 is 11.7 Å². The second kappa shape index (κ2) is 6.15. The van der Waals surface area contributed by atoms with Crippen LogP contribution in [-0.2, 0) is 16.1 Å². The molecule has 1 aromatic heterocycles. The van der Waals surface area contributed by atoms with Crippen molar-refractivity contribution in [2.45, 2.75) is 32.9 Å². The average Bonchev–Trinajstić information content (AvgIpc) is 2.23. The fourth-order valence-electron chi connectivity index (χ4n) is 1.40. The Morgan fingerprint density at radius 3 is 3.00 bits per heavy atom. The van der Waals surface area contributed by atoms with Crippen molar-refractivity contribution in [3.05, 3.63) is 28.4 Å². The Bertz CT molecular complexity index is 441. The van der Waals surface area contributed by atoms with Crippen molar-refractivity contribution in [2.75, 3.05) is 6.61 Å². The quantitative estimate of drug-likeness (QED) is 0.725. The molecule has 1 N–H and O–H groups in total. The highest BCUT2D eigenvalue weighted by Crippen LogP contribution is 1.99. The molecule has 6 heteroatoms. The Morgan fingerprint density at radius 2 is 2.35 bits per heavy atom. The van der Waals surface area contributed by atoms with Crippen LogP contribution in [0, 0.1) is 6.92 Å². The lowest BCUT2D eigenvalue weighted by atomic mass is 10.2. The van der Waals surface area contributed by atoms with E-state index in [1.807, 2.05) is 0 Å². The summed E-state index contributed by atoms with van der Waals surface area (Å²) in [6, 6.07) is 0. The van der Waals surface area contributed by atoms with Gasteiger partial charge in [-0.2, -0.15) is 0 Å². The number of esters is 1. The molecule has 94 valence electrons. The number of carbonyl (C=O) groups excluding carboxylic acids is 1. The number of carbonyl (C=O) groups is 1. The topological polar surface area (TPSA) is 81.4 Å². The lowest BCUT2D eigenvalue weighted by molar-refractivity contribution is -0.145. The fourth-order valence-corrected chi connectivity index (χ4v) is 1.40. The summed E-state index contributed by atoms with van der Waals surface area (Å²) in [4.78, 5) is 26.1. The molecule has 0 aliphatic carbocycles. The second-order valence-electron chi connectivity index (χ2n) is 3.73. The van der Waals surface area contributed by atoms with E-state index in [4.69, 9.17) is 4.74 Å². The van der Waals surface area contributed by atoms with E-state index in [2.05, 4.69) is 4.98 Å². The number of aromatic nitrogens is 2. The van der Waals surface area contributed by atoms with E-state index in [-0.39, 0.29) is 19.6 Å². The predicted octanol–water partition coefficient (Wildman–Crippen LogP) is -0.134. The molecule has 0 spiro atoms. The van der Waals surface area contributed by atoms with Crippen LogP contribution in [0.25, 0.3) is 0 Å². The maximum absolute atomic E-state index is 11.3. The molecule has 0 aromatic carbocycles. The highest BCUT2D eigenvalue weighted by atomic mass is 16.5. The van der Waals surface area contributed by atoms with E-state index in [0.717, 1.165) is 5.56 Å². The van der Waals surface area contributed by atoms with Gasteiger partial charge in [0.1, 0.15) is 0 Å². The van der Waals surface area contributed by atoms with E-state index >= 15 is 0 Å². The van der Waals surface area contributed by atoms with Crippen molar-refractivity contribution in [3.63, 3.8) is 0 Å². The zero-order valence-corrected chi connectivity index (χ0v) is 9.92. The number of aliphatic hydroxyl groups excluding tert-OH is 1. The van der Waals surface area contributed by atoms with E-state index in [1.54, 1.807) is 20.0 Å². The molecular formula is C11H16N2O4. The minimum atomic E-state index is -0.949. The van der Waals surface area contributed by atoms with Gasteiger partial charge in [0, 0.05) is 12.4 Å². The molecule has 0 radical (unpaired) electrons. The van der Waals surface area contributed by atoms with Gasteiger partial charge in [0.15, 0.2) is 0 Å². The van der Waals surface area contributed by atoms with Gasteiger partial charge in [-0.3, -0.25) is 9.36 Å². The lowest BCUT2D eigenvalue weighted by Gasteiger charge is -2.11. The van der Waals surface area contributed by atoms with Gasteiger partial charge < -0.3 is 9.84 Å². The number of aryl methyl sites for hydroxylation is 1. The van der Waals surface area contributed by atoms with Crippen molar-refractivity contribution in [2.24, 2.45) is 0 Å². The monoisotopic (exact) mass is 240 g/mol. The molecule has 17 heavy (non-hydrogen) atoms. The number of hydrogen-bond donors (Lipinski definition) is 1. The predicted molar refractivity (Wildman–Crippen MR) is 60.5 cm³/mol. The Hall–Kier alpha value is -1.69. The SMILES string of the molecule is CCOC(=O)CC(O)Cn1cc(C)cnc1=O. The Labute approximate surface area is 98.9 Å². The number of hydrogen-bond acceptors (Lipinski definition) is 5. The Kier molecular flexibility index (Phi) is 4.84. The van der Waals surface area contributed by atoms with Crippen LogP contribution in [0.2, 0.25) is 0 Å². The summed E-state index contributed by atoms with van der Waals surface area (Å²) in [7, 11) is 0. The van der Waals surface area contributed by atoms with Crippen LogP contribution in [0.15, 0.2) is 17.2 Å². The van der Waals surface area contributed by atoms with Gasteiger partial charge in [0.25, 0.3) is 0 Å². The lowest BCUT2D eigenvalue weighted by Crippen LogP contribution is -2.29. The summed E-state index contributed by atoms with van der Waals surface area (Å²) in [5.74, 6) is -0.478. The molecule has 1 atom stereocenters. The summed E-state index contributed by atoms with van der Waals surface area (Å²) in [5.41, 5.74) is 0.367. The maximum Gasteiger partial charge on any atom is 0.347 e. The fraction of sp³-hybridized carbons (Fsp3) is 0.545. The first-order valence-electron chi connectivity index (χ1n) is 5.39. The number of nitrogens with zero attached hydrogens (tertiary/aromatic N) is 2. The number of ether oxygens (including phenoxy) is 1. The first-order valence-corrected chi connectivity index (χ1v) is 5.39. The van der Waals surface area contributed by atoms with Crippen LogP contribution in [0.1, 0.15) is 18.9 Å². The molecular weight excluding hydrogens is 224 g/mol. The van der Waals surface area contributed by atoms with Crippen molar-refractivity contribution in [1.82, 2.24) is 9.55 Å². The summed E-state index contributed by atoms with van der Waals surface area (Å²) in [6.07, 6.45) is 1.96. The van der Waals surface area contributed by atoms with Crippen molar-refractivity contribution in [3.8, 4) is 0 Å². The molecule has 1 rings (SSSR count). The van der Waals surface area contributed by atoms with Gasteiger partial charge in [-0.05, 0) is 19.4 Å². The second-order valence-corrected chi connectivity index (χ2v) is 3.73. The van der Waals surface area contributed by atoms with Gasteiger partial charge in [0.05, 0.1) is 25.7 Å². The number of aliphatic hydroxyl groups is 1. The standard InChI is InChI=1S/C11H16N2O4/c1-3-17-10(15)4-9(14)7-13-6-8(2)5-12-11(13)16/h5-6,9,14H,3-4,7H2,1-2H3. The summed E-state index contributed by atoms with van der Waals surface area (Å²) >= 11 is 0. The molecule has 1 heterocycles. The minimum absolute atomic E-state index is 0.0341. The van der Waals surface area contributed by atoms with Crippen molar-refractivity contribution < 1.29 is 14.6 Å². The maximum atomic E-state index is 11.3. The number of rotatable bonds is 5. The van der Waals surface area contributed by atoms with Gasteiger partial charge in [-0.25, -0.2) is 9.78 Å². The van der Waals surface area contributed by atoms with Gasteiger partial charge in [-0.1, -0.05) is 0 Å². The first kappa shape index (κ1) is 13.4. The van der Waals surface area contributed by atoms with Crippen molar-refractivity contribution in [1.29, 1.82) is 0 Å². The van der Waals surface area contributed by atoms with Crippen LogP contribution in [0.4, 0.5) is 0 Å². The van der Waals surface area contributed by atoms with Gasteiger partial charge in [-0.15, -0.1) is 0 Å². The molecule has 0 saturated heterocycles. The third-order valence-corrected chi connectivity index (χ3v) is 2.10. The van der Waals surface area contributed by atoms with Gasteiger partial charge in [0.2, 0.25) is 0 Å². The van der Waals surface area contributed by atoms with Crippen LogP contribution >= 0.6 is 0 Å². The minimum Gasteiger partial charge on any atom is -0.466 e. The zero-order valence-electron chi connectivity index (χ0n) is 9.92. The first-order chi connectivity index (χ1) is 8.02. The Morgan fingerprint density at radius 1 is 1.65 bits per heavy atom. The normalized spacial score (nSPS) is 12.2. The van der Waals surface area contributed by atoms with E-state index in [1.165, 1.54) is 10.8 Å². The summed E-state index contributed by atoms with van der Waals surface area (Å²) < 4.78 is 5.98. The van der Waals surface area contributed by atoms with Crippen LogP contribution in [-0.4, -0.2) is 33.3 Å². The highest BCUT2D eigenvalue weighted by Gasteiger charge is 2.13. The largest absolute Gasteiger partial charge is 0.466 e. The van der Waals surface area contributed by atoms with E-state index in [0.29, 0.717) is 0 Å². The summed E-state index contributed by atoms with van der Waals surface area (Å²) in [5, 5.41) is 9.63. The molecule has 1 unspecified atom stereocenters. The third kappa shape index (κ3) is 4.36. The van der Waals surface area contributed by atoms with E-state index < -0.39 is 17.8 Å². The average molecular weight is 240 g/mol. The molecule has 0 amide bonds. The molecule has 0 fully saturated rings. The van der Waals surface area contributed by atoms with Crippen LogP contribution < -0.4 is 5.69 Å². The Balaban J connectivity index is 2.61. The van der Waals surface area contributed by atoms with E-state index in [9.17, 15) is 14.7 Å². The van der Waals surface area contributed by atoms with Crippen LogP contribution in [0.3, 0.4) is 0 Å². The molecule has 0 saturated carbocycles. The van der Waals surface area contributed by atoms with Crippen LogP contribution in [0.5, 0.6) is 0 Å². The highest BCUT2D eigenvalue weighted by molar-refractivity contribution is 5.69.